The molecule has 0 saturated heterocycles. The Morgan fingerprint density at radius 1 is 0.971 bits per heavy atom. The maximum absolute atomic E-state index is 6.36. The summed E-state index contributed by atoms with van der Waals surface area (Å²) >= 11 is 0. The van der Waals surface area contributed by atoms with Crippen LogP contribution in [0.4, 0.5) is 11.8 Å². The van der Waals surface area contributed by atoms with Gasteiger partial charge in [-0.3, -0.25) is 0 Å². The van der Waals surface area contributed by atoms with E-state index in [4.69, 9.17) is 25.9 Å². The van der Waals surface area contributed by atoms with Gasteiger partial charge in [-0.2, -0.15) is 9.97 Å². The molecule has 2 aliphatic carbocycles. The molecule has 2 aliphatic rings. The second-order valence-corrected chi connectivity index (χ2v) is 10.0. The summed E-state index contributed by atoms with van der Waals surface area (Å²) in [6.07, 6.45) is 10.8. The van der Waals surface area contributed by atoms with Gasteiger partial charge in [-0.15, -0.1) is 0 Å². The normalized spacial score (nSPS) is 21.1. The van der Waals surface area contributed by atoms with E-state index in [0.717, 1.165) is 72.4 Å². The van der Waals surface area contributed by atoms with E-state index in [1.807, 2.05) is 12.1 Å². The number of fused-ring (bicyclic) bond motifs is 1. The highest BCUT2D eigenvalue weighted by atomic mass is 16.3. The fraction of sp³-hybridized carbons (Fsp3) is 0.444. The molecule has 5 N–H and O–H groups in total. The van der Waals surface area contributed by atoms with Gasteiger partial charge in [0.15, 0.2) is 17.0 Å². The number of nitrogens with one attached hydrogen (secondary N) is 1. The van der Waals surface area contributed by atoms with Gasteiger partial charge in [-0.25, -0.2) is 4.98 Å². The standard InChI is InChI=1S/C27H33N7O/c28-20-6-3-5-19(15-20)25-31-23-24(32-27(29)33-26(23)34(25)21-7-1-2-8-21)30-16-17-10-12-18(13-11-17)22-9-4-14-35-22/h4,9-14,19-21H,1-3,5-8,15-16,28H2,(H3,29,30,32,33). The first kappa shape index (κ1) is 22.1. The maximum Gasteiger partial charge on any atom is 0.224 e. The van der Waals surface area contributed by atoms with Crippen molar-refractivity contribution in [2.75, 3.05) is 11.1 Å². The summed E-state index contributed by atoms with van der Waals surface area (Å²) in [6.45, 7) is 0.615. The Bertz CT molecular complexity index is 1290. The zero-order valence-corrected chi connectivity index (χ0v) is 20.0. The molecule has 4 aromatic rings. The zero-order valence-electron chi connectivity index (χ0n) is 20.0. The van der Waals surface area contributed by atoms with Crippen molar-refractivity contribution in [1.29, 1.82) is 0 Å². The van der Waals surface area contributed by atoms with Crippen LogP contribution in [0.1, 0.15) is 74.7 Å². The molecule has 0 radical (unpaired) electrons. The Morgan fingerprint density at radius 3 is 2.54 bits per heavy atom. The molecule has 0 bridgehead atoms. The number of nitrogens with two attached hydrogens (primary N) is 2. The highest BCUT2D eigenvalue weighted by molar-refractivity contribution is 5.85. The van der Waals surface area contributed by atoms with Gasteiger partial charge in [0.05, 0.1) is 6.26 Å². The topological polar surface area (TPSA) is 121 Å². The van der Waals surface area contributed by atoms with E-state index in [2.05, 4.69) is 39.1 Å². The predicted molar refractivity (Wildman–Crippen MR) is 138 cm³/mol. The van der Waals surface area contributed by atoms with Crippen molar-refractivity contribution in [2.24, 2.45) is 5.73 Å². The first-order chi connectivity index (χ1) is 17.2. The van der Waals surface area contributed by atoms with Gasteiger partial charge in [-0.05, 0) is 49.8 Å². The van der Waals surface area contributed by atoms with Crippen molar-refractivity contribution in [2.45, 2.75) is 75.9 Å². The summed E-state index contributed by atoms with van der Waals surface area (Å²) in [5.41, 5.74) is 16.4. The predicted octanol–water partition coefficient (Wildman–Crippen LogP) is 5.38. The number of hydrogen-bond donors (Lipinski definition) is 3. The lowest BCUT2D eigenvalue weighted by atomic mass is 9.85. The number of anilines is 2. The fourth-order valence-electron chi connectivity index (χ4n) is 5.82. The number of nitrogen functional groups attached to an aromatic ring is 1. The van der Waals surface area contributed by atoms with Crippen LogP contribution >= 0.6 is 0 Å². The average molecular weight is 472 g/mol. The molecule has 2 atom stereocenters. The highest BCUT2D eigenvalue weighted by Gasteiger charge is 2.31. The zero-order chi connectivity index (χ0) is 23.8. The van der Waals surface area contributed by atoms with Crippen LogP contribution in [0, 0.1) is 0 Å². The third-order valence-electron chi connectivity index (χ3n) is 7.57. The van der Waals surface area contributed by atoms with E-state index in [1.165, 1.54) is 12.8 Å². The molecule has 2 saturated carbocycles. The van der Waals surface area contributed by atoms with Crippen LogP contribution in [-0.4, -0.2) is 25.6 Å². The number of benzene rings is 1. The lowest BCUT2D eigenvalue weighted by Crippen LogP contribution is -2.28. The van der Waals surface area contributed by atoms with E-state index in [9.17, 15) is 0 Å². The van der Waals surface area contributed by atoms with Crippen LogP contribution in [0.2, 0.25) is 0 Å². The molecule has 1 aromatic carbocycles. The molecule has 3 heterocycles. The summed E-state index contributed by atoms with van der Waals surface area (Å²) in [5, 5.41) is 3.49. The summed E-state index contributed by atoms with van der Waals surface area (Å²) in [7, 11) is 0. The SMILES string of the molecule is Nc1nc(NCc2ccc(-c3ccco3)cc2)c2nc(C3CCCC(N)C3)n(C3CCCC3)c2n1. The second-order valence-electron chi connectivity index (χ2n) is 10.0. The molecular weight excluding hydrogens is 438 g/mol. The van der Waals surface area contributed by atoms with Crippen molar-refractivity contribution in [1.82, 2.24) is 19.5 Å². The molecule has 182 valence electrons. The molecule has 8 heteroatoms. The van der Waals surface area contributed by atoms with Gasteiger partial charge in [-0.1, -0.05) is 43.5 Å². The lowest BCUT2D eigenvalue weighted by molar-refractivity contribution is 0.364. The molecule has 8 nitrogen and oxygen atoms in total. The molecule has 2 unspecified atom stereocenters. The third kappa shape index (κ3) is 4.38. The van der Waals surface area contributed by atoms with Crippen molar-refractivity contribution >= 4 is 22.9 Å². The minimum atomic E-state index is 0.239. The Labute approximate surface area is 205 Å². The number of nitrogens with zero attached hydrogens (tertiary/aromatic N) is 4. The van der Waals surface area contributed by atoms with Crippen molar-refractivity contribution in [3.8, 4) is 11.3 Å². The van der Waals surface area contributed by atoms with Crippen LogP contribution in [0.15, 0.2) is 47.1 Å². The molecule has 0 aliphatic heterocycles. The van der Waals surface area contributed by atoms with E-state index >= 15 is 0 Å². The van der Waals surface area contributed by atoms with Crippen LogP contribution in [-0.2, 0) is 6.54 Å². The van der Waals surface area contributed by atoms with E-state index in [-0.39, 0.29) is 12.0 Å². The van der Waals surface area contributed by atoms with Crippen molar-refractivity contribution in [3.63, 3.8) is 0 Å². The van der Waals surface area contributed by atoms with Gasteiger partial charge in [0.25, 0.3) is 0 Å². The van der Waals surface area contributed by atoms with Gasteiger partial charge in [0.2, 0.25) is 5.95 Å². The Balaban J connectivity index is 1.33. The molecule has 6 rings (SSSR count). The van der Waals surface area contributed by atoms with Gasteiger partial charge >= 0.3 is 0 Å². The van der Waals surface area contributed by atoms with E-state index in [1.54, 1.807) is 6.26 Å². The van der Waals surface area contributed by atoms with Crippen molar-refractivity contribution < 1.29 is 4.42 Å². The van der Waals surface area contributed by atoms with Crippen LogP contribution in [0.3, 0.4) is 0 Å². The quantitative estimate of drug-likeness (QED) is 0.345. The average Bonchev–Trinajstić information content (AvgIpc) is 3.64. The first-order valence-electron chi connectivity index (χ1n) is 12.8. The Hall–Kier alpha value is -3.39. The van der Waals surface area contributed by atoms with Crippen LogP contribution < -0.4 is 16.8 Å². The highest BCUT2D eigenvalue weighted by Crippen LogP contribution is 2.40. The van der Waals surface area contributed by atoms with Crippen LogP contribution in [0.25, 0.3) is 22.5 Å². The minimum absolute atomic E-state index is 0.239. The van der Waals surface area contributed by atoms with Crippen LogP contribution in [0.5, 0.6) is 0 Å². The summed E-state index contributed by atoms with van der Waals surface area (Å²) in [4.78, 5) is 14.4. The summed E-state index contributed by atoms with van der Waals surface area (Å²) in [6, 6.07) is 12.9. The van der Waals surface area contributed by atoms with Crippen molar-refractivity contribution in [3.05, 3.63) is 54.0 Å². The summed E-state index contributed by atoms with van der Waals surface area (Å²) < 4.78 is 7.88. The first-order valence-corrected chi connectivity index (χ1v) is 12.8. The number of furan rings is 1. The third-order valence-corrected chi connectivity index (χ3v) is 7.57. The van der Waals surface area contributed by atoms with E-state index < -0.39 is 0 Å². The monoisotopic (exact) mass is 471 g/mol. The molecule has 0 spiro atoms. The van der Waals surface area contributed by atoms with E-state index in [0.29, 0.717) is 24.3 Å². The molecule has 35 heavy (non-hydrogen) atoms. The molecule has 3 aromatic heterocycles. The number of imidazole rings is 1. The van der Waals surface area contributed by atoms with Gasteiger partial charge in [0.1, 0.15) is 11.6 Å². The number of hydrogen-bond acceptors (Lipinski definition) is 7. The maximum atomic E-state index is 6.36. The fourth-order valence-corrected chi connectivity index (χ4v) is 5.82. The molecule has 0 amide bonds. The number of aromatic nitrogens is 4. The Kier molecular flexibility index (Phi) is 5.90. The lowest BCUT2D eigenvalue weighted by Gasteiger charge is -2.28. The second kappa shape index (κ2) is 9.34. The largest absolute Gasteiger partial charge is 0.464 e. The van der Waals surface area contributed by atoms with Gasteiger partial charge in [0, 0.05) is 30.1 Å². The number of rotatable bonds is 6. The smallest absolute Gasteiger partial charge is 0.224 e. The Morgan fingerprint density at radius 2 is 1.80 bits per heavy atom. The minimum Gasteiger partial charge on any atom is -0.464 e. The summed E-state index contributed by atoms with van der Waals surface area (Å²) in [5.74, 6) is 3.31. The molecule has 2 fully saturated rings. The van der Waals surface area contributed by atoms with Gasteiger partial charge < -0.3 is 25.8 Å². The molecular formula is C27H33N7O.